The molecule has 0 bridgehead atoms. The zero-order valence-electron chi connectivity index (χ0n) is 15.9. The van der Waals surface area contributed by atoms with Gasteiger partial charge >= 0.3 is 0 Å². The van der Waals surface area contributed by atoms with E-state index in [4.69, 9.17) is 4.74 Å². The molecule has 2 aromatic rings. The summed E-state index contributed by atoms with van der Waals surface area (Å²) in [5.41, 5.74) is 2.09. The van der Waals surface area contributed by atoms with Gasteiger partial charge in [-0.1, -0.05) is 18.2 Å². The monoisotopic (exact) mass is 370 g/mol. The van der Waals surface area contributed by atoms with Gasteiger partial charge in [0.15, 0.2) is 6.04 Å². The van der Waals surface area contributed by atoms with E-state index >= 15 is 0 Å². The number of hydrogen-bond donors (Lipinski definition) is 3. The minimum absolute atomic E-state index is 0.0639. The average molecular weight is 370 g/mol. The van der Waals surface area contributed by atoms with Gasteiger partial charge in [-0.15, -0.1) is 0 Å². The second-order valence-electron chi connectivity index (χ2n) is 6.91. The molecule has 1 fully saturated rings. The summed E-state index contributed by atoms with van der Waals surface area (Å²) in [5, 5.41) is 12.5. The quantitative estimate of drug-likeness (QED) is 0.704. The summed E-state index contributed by atoms with van der Waals surface area (Å²) in [7, 11) is 1.64. The number of carbonyl (C=O) groups is 1. The lowest BCUT2D eigenvalue weighted by Gasteiger charge is -2.36. The molecule has 0 aliphatic carbocycles. The minimum atomic E-state index is -0.0957. The summed E-state index contributed by atoms with van der Waals surface area (Å²) in [6, 6.07) is 14.9. The number of methoxy groups -OCH3 is 1. The van der Waals surface area contributed by atoms with Crippen LogP contribution in [0.4, 0.5) is 5.69 Å². The van der Waals surface area contributed by atoms with Crippen molar-refractivity contribution in [3.63, 3.8) is 0 Å². The lowest BCUT2D eigenvalue weighted by molar-refractivity contribution is -0.914. The van der Waals surface area contributed by atoms with Crippen molar-refractivity contribution in [2.24, 2.45) is 0 Å². The van der Waals surface area contributed by atoms with Crippen LogP contribution in [-0.2, 0) is 11.3 Å². The Labute approximate surface area is 160 Å². The number of aromatic hydroxyl groups is 1. The molecule has 0 unspecified atom stereocenters. The first-order valence-electron chi connectivity index (χ1n) is 9.36. The molecule has 0 spiro atoms. The third-order valence-electron chi connectivity index (χ3n) is 5.27. The number of ether oxygens (including phenoxy) is 1. The summed E-state index contributed by atoms with van der Waals surface area (Å²) < 4.78 is 5.34. The number of carbonyl (C=O) groups excluding carboxylic acids is 1. The Morgan fingerprint density at radius 3 is 2.52 bits per heavy atom. The summed E-state index contributed by atoms with van der Waals surface area (Å²) in [5.74, 6) is 1.14. The maximum absolute atomic E-state index is 12.6. The van der Waals surface area contributed by atoms with Crippen molar-refractivity contribution in [2.45, 2.75) is 19.5 Å². The zero-order chi connectivity index (χ0) is 19.2. The Balaban J connectivity index is 1.50. The van der Waals surface area contributed by atoms with Gasteiger partial charge in [-0.05, 0) is 37.3 Å². The standard InChI is InChI=1S/C21H27N3O3/c1-16(21(26)22-15-17-5-3-4-6-20(17)27-2)23-11-13-24(14-12-23)18-7-9-19(25)10-8-18/h3-10,16,25H,11-15H2,1-2H3,(H,22,26)/p+1/t16-/m0/s1. The molecule has 1 aliphatic rings. The van der Waals surface area contributed by atoms with Gasteiger partial charge in [0.1, 0.15) is 11.5 Å². The highest BCUT2D eigenvalue weighted by Gasteiger charge is 2.29. The first kappa shape index (κ1) is 19.0. The van der Waals surface area contributed by atoms with Gasteiger partial charge in [0, 0.05) is 17.8 Å². The second kappa shape index (κ2) is 8.77. The number of hydrogen-bond acceptors (Lipinski definition) is 4. The molecule has 1 heterocycles. The third-order valence-corrected chi connectivity index (χ3v) is 5.27. The number of phenolic OH excluding ortho intramolecular Hbond substituents is 1. The number of piperazine rings is 1. The predicted molar refractivity (Wildman–Crippen MR) is 105 cm³/mol. The van der Waals surface area contributed by atoms with Gasteiger partial charge in [0.05, 0.1) is 33.3 Å². The molecule has 1 aliphatic heterocycles. The van der Waals surface area contributed by atoms with Crippen molar-refractivity contribution in [1.82, 2.24) is 5.32 Å². The zero-order valence-corrected chi connectivity index (χ0v) is 15.9. The molecular formula is C21H28N3O3+. The molecule has 0 radical (unpaired) electrons. The van der Waals surface area contributed by atoms with Crippen LogP contribution in [0, 0.1) is 0 Å². The molecule has 3 N–H and O–H groups in total. The van der Waals surface area contributed by atoms with Crippen LogP contribution in [0.25, 0.3) is 0 Å². The van der Waals surface area contributed by atoms with Crippen molar-refractivity contribution in [1.29, 1.82) is 0 Å². The highest BCUT2D eigenvalue weighted by atomic mass is 16.5. The lowest BCUT2D eigenvalue weighted by Crippen LogP contribution is -3.19. The van der Waals surface area contributed by atoms with Crippen molar-refractivity contribution in [3.8, 4) is 11.5 Å². The smallest absolute Gasteiger partial charge is 0.278 e. The lowest BCUT2D eigenvalue weighted by atomic mass is 10.1. The van der Waals surface area contributed by atoms with Gasteiger partial charge in [0.2, 0.25) is 0 Å². The van der Waals surface area contributed by atoms with Crippen LogP contribution in [0.15, 0.2) is 48.5 Å². The van der Waals surface area contributed by atoms with E-state index in [1.54, 1.807) is 19.2 Å². The van der Waals surface area contributed by atoms with Crippen LogP contribution in [0.3, 0.4) is 0 Å². The molecule has 0 saturated carbocycles. The van der Waals surface area contributed by atoms with Crippen molar-refractivity contribution in [2.75, 3.05) is 38.2 Å². The minimum Gasteiger partial charge on any atom is -0.508 e. The highest BCUT2D eigenvalue weighted by molar-refractivity contribution is 5.80. The molecule has 27 heavy (non-hydrogen) atoms. The number of nitrogens with zero attached hydrogens (tertiary/aromatic N) is 1. The number of benzene rings is 2. The summed E-state index contributed by atoms with van der Waals surface area (Å²) >= 11 is 0. The maximum Gasteiger partial charge on any atom is 0.278 e. The number of quaternary nitrogens is 1. The number of phenols is 1. The van der Waals surface area contributed by atoms with Gasteiger partial charge in [-0.25, -0.2) is 0 Å². The normalized spacial score (nSPS) is 16.0. The largest absolute Gasteiger partial charge is 0.508 e. The van der Waals surface area contributed by atoms with Gasteiger partial charge < -0.3 is 25.0 Å². The number of nitrogens with one attached hydrogen (secondary N) is 2. The molecule has 0 aromatic heterocycles. The second-order valence-corrected chi connectivity index (χ2v) is 6.91. The first-order valence-corrected chi connectivity index (χ1v) is 9.36. The van der Waals surface area contributed by atoms with Crippen LogP contribution in [0.1, 0.15) is 12.5 Å². The van der Waals surface area contributed by atoms with Gasteiger partial charge in [-0.3, -0.25) is 4.79 Å². The Bertz CT molecular complexity index is 756. The van der Waals surface area contributed by atoms with Gasteiger partial charge in [0.25, 0.3) is 5.91 Å². The summed E-state index contributed by atoms with van der Waals surface area (Å²) in [6.07, 6.45) is 0. The molecule has 6 nitrogen and oxygen atoms in total. The molecular weight excluding hydrogens is 342 g/mol. The van der Waals surface area contributed by atoms with Gasteiger partial charge in [-0.2, -0.15) is 0 Å². The predicted octanol–water partition coefficient (Wildman–Crippen LogP) is 0.811. The first-order chi connectivity index (χ1) is 13.1. The maximum atomic E-state index is 12.6. The topological polar surface area (TPSA) is 66.2 Å². The van der Waals surface area contributed by atoms with E-state index in [1.165, 1.54) is 4.90 Å². The van der Waals surface area contributed by atoms with Crippen molar-refractivity contribution < 1.29 is 19.5 Å². The molecule has 1 atom stereocenters. The fourth-order valence-corrected chi connectivity index (χ4v) is 3.52. The van der Waals surface area contributed by atoms with Crippen LogP contribution in [0.2, 0.25) is 0 Å². The SMILES string of the molecule is COc1ccccc1CNC(=O)[C@H](C)[NH+]1CCN(c2ccc(O)cc2)CC1. The number of anilines is 1. The van der Waals surface area contributed by atoms with E-state index in [0.29, 0.717) is 6.54 Å². The molecule has 144 valence electrons. The molecule has 2 aromatic carbocycles. The van der Waals surface area contributed by atoms with Crippen LogP contribution in [-0.4, -0.2) is 50.3 Å². The summed E-state index contributed by atoms with van der Waals surface area (Å²) in [6.45, 7) is 6.06. The fourth-order valence-electron chi connectivity index (χ4n) is 3.52. The molecule has 3 rings (SSSR count). The van der Waals surface area contributed by atoms with E-state index < -0.39 is 0 Å². The number of amides is 1. The number of rotatable bonds is 6. The fraction of sp³-hybridized carbons (Fsp3) is 0.381. The average Bonchev–Trinajstić information content (AvgIpc) is 2.72. The summed E-state index contributed by atoms with van der Waals surface area (Å²) in [4.78, 5) is 16.2. The van der Waals surface area contributed by atoms with E-state index in [2.05, 4.69) is 10.2 Å². The number of para-hydroxylation sites is 1. The Morgan fingerprint density at radius 2 is 1.85 bits per heavy atom. The van der Waals surface area contributed by atoms with E-state index in [-0.39, 0.29) is 17.7 Å². The highest BCUT2D eigenvalue weighted by Crippen LogP contribution is 2.18. The molecule has 6 heteroatoms. The van der Waals surface area contributed by atoms with Crippen molar-refractivity contribution in [3.05, 3.63) is 54.1 Å². The Kier molecular flexibility index (Phi) is 6.19. The van der Waals surface area contributed by atoms with Crippen molar-refractivity contribution >= 4 is 11.6 Å². The van der Waals surface area contributed by atoms with E-state index in [0.717, 1.165) is 43.2 Å². The van der Waals surface area contributed by atoms with E-state index in [1.807, 2.05) is 43.3 Å². The Morgan fingerprint density at radius 1 is 1.19 bits per heavy atom. The van der Waals surface area contributed by atoms with Crippen LogP contribution >= 0.6 is 0 Å². The molecule has 1 amide bonds. The van der Waals surface area contributed by atoms with Crippen LogP contribution < -0.4 is 19.9 Å². The third kappa shape index (κ3) is 4.71. The Hall–Kier alpha value is -2.73. The van der Waals surface area contributed by atoms with Crippen LogP contribution in [0.5, 0.6) is 11.5 Å². The van der Waals surface area contributed by atoms with E-state index in [9.17, 15) is 9.90 Å². The molecule has 1 saturated heterocycles.